The molecule has 1 aromatic rings. The zero-order valence-corrected chi connectivity index (χ0v) is 12.4. The van der Waals surface area contributed by atoms with Gasteiger partial charge in [-0.3, -0.25) is 0 Å². The number of pyridine rings is 1. The van der Waals surface area contributed by atoms with E-state index in [0.29, 0.717) is 11.8 Å². The average Bonchev–Trinajstić information content (AvgIpc) is 2.75. The molecule has 17 heavy (non-hydrogen) atoms. The highest BCUT2D eigenvalue weighted by molar-refractivity contribution is 9.10. The number of halogens is 2. The minimum atomic E-state index is 0.674. The van der Waals surface area contributed by atoms with E-state index in [9.17, 15) is 0 Å². The standard InChI is InChI=1S/C13H18BrClN2/c1-9-5-12(14)13(16-7-9)17-8-11-4-2-3-10(11)6-15/h5,7,10-11H,2-4,6,8H2,1H3,(H,16,17). The lowest BCUT2D eigenvalue weighted by Gasteiger charge is -2.18. The van der Waals surface area contributed by atoms with Gasteiger partial charge in [0, 0.05) is 18.6 Å². The largest absolute Gasteiger partial charge is 0.369 e. The Hall–Kier alpha value is -0.280. The SMILES string of the molecule is Cc1cnc(NCC2CCCC2CCl)c(Br)c1. The summed E-state index contributed by atoms with van der Waals surface area (Å²) in [5.41, 5.74) is 1.17. The van der Waals surface area contributed by atoms with Crippen LogP contribution in [-0.4, -0.2) is 17.4 Å². The second-order valence-corrected chi connectivity index (χ2v) is 5.99. The van der Waals surface area contributed by atoms with Crippen molar-refractivity contribution in [3.8, 4) is 0 Å². The number of anilines is 1. The lowest BCUT2D eigenvalue weighted by molar-refractivity contribution is 0.444. The molecule has 0 aromatic carbocycles. The maximum Gasteiger partial charge on any atom is 0.140 e. The second kappa shape index (κ2) is 6.05. The van der Waals surface area contributed by atoms with Gasteiger partial charge in [-0.25, -0.2) is 4.98 Å². The van der Waals surface area contributed by atoms with Crippen LogP contribution >= 0.6 is 27.5 Å². The van der Waals surface area contributed by atoms with Crippen molar-refractivity contribution in [1.82, 2.24) is 4.98 Å². The fourth-order valence-electron chi connectivity index (χ4n) is 2.48. The van der Waals surface area contributed by atoms with Crippen LogP contribution in [0.15, 0.2) is 16.7 Å². The number of aromatic nitrogens is 1. The van der Waals surface area contributed by atoms with Gasteiger partial charge in [0.05, 0.1) is 4.47 Å². The number of rotatable bonds is 4. The molecule has 0 radical (unpaired) electrons. The van der Waals surface area contributed by atoms with Gasteiger partial charge in [0.25, 0.3) is 0 Å². The van der Waals surface area contributed by atoms with Crippen LogP contribution < -0.4 is 5.32 Å². The summed E-state index contributed by atoms with van der Waals surface area (Å²) in [7, 11) is 0. The smallest absolute Gasteiger partial charge is 0.140 e. The Kier molecular flexibility index (Phi) is 4.69. The number of nitrogens with zero attached hydrogens (tertiary/aromatic N) is 1. The van der Waals surface area contributed by atoms with E-state index >= 15 is 0 Å². The Morgan fingerprint density at radius 3 is 2.94 bits per heavy atom. The van der Waals surface area contributed by atoms with Crippen LogP contribution in [0, 0.1) is 18.8 Å². The lowest BCUT2D eigenvalue weighted by atomic mass is 9.98. The Balaban J connectivity index is 1.93. The molecule has 1 heterocycles. The molecule has 94 valence electrons. The van der Waals surface area contributed by atoms with Gasteiger partial charge < -0.3 is 5.32 Å². The van der Waals surface area contributed by atoms with Crippen LogP contribution in [0.25, 0.3) is 0 Å². The van der Waals surface area contributed by atoms with Gasteiger partial charge in [-0.2, -0.15) is 0 Å². The van der Waals surface area contributed by atoms with Crippen LogP contribution in [0.5, 0.6) is 0 Å². The molecule has 0 spiro atoms. The lowest BCUT2D eigenvalue weighted by Crippen LogP contribution is -2.20. The van der Waals surface area contributed by atoms with Crippen molar-refractivity contribution in [1.29, 1.82) is 0 Å². The van der Waals surface area contributed by atoms with Gasteiger partial charge in [0.1, 0.15) is 5.82 Å². The van der Waals surface area contributed by atoms with Crippen molar-refractivity contribution in [3.05, 3.63) is 22.3 Å². The summed E-state index contributed by atoms with van der Waals surface area (Å²) < 4.78 is 1.04. The quantitative estimate of drug-likeness (QED) is 0.841. The summed E-state index contributed by atoms with van der Waals surface area (Å²) >= 11 is 9.52. The molecule has 0 amide bonds. The Morgan fingerprint density at radius 1 is 1.47 bits per heavy atom. The van der Waals surface area contributed by atoms with E-state index in [1.807, 2.05) is 13.1 Å². The summed E-state index contributed by atoms with van der Waals surface area (Å²) in [5.74, 6) is 3.10. The number of hydrogen-bond acceptors (Lipinski definition) is 2. The van der Waals surface area contributed by atoms with E-state index < -0.39 is 0 Å². The third kappa shape index (κ3) is 3.35. The monoisotopic (exact) mass is 316 g/mol. The first-order valence-electron chi connectivity index (χ1n) is 6.12. The molecule has 4 heteroatoms. The molecule has 1 aliphatic carbocycles. The Bertz CT molecular complexity index is 384. The van der Waals surface area contributed by atoms with E-state index in [0.717, 1.165) is 22.7 Å². The summed E-state index contributed by atoms with van der Waals surface area (Å²) in [6.07, 6.45) is 5.76. The van der Waals surface area contributed by atoms with E-state index in [1.165, 1.54) is 24.8 Å². The first-order chi connectivity index (χ1) is 8.20. The van der Waals surface area contributed by atoms with Crippen LogP contribution in [0.1, 0.15) is 24.8 Å². The van der Waals surface area contributed by atoms with Gasteiger partial charge in [-0.1, -0.05) is 6.42 Å². The molecule has 1 N–H and O–H groups in total. The second-order valence-electron chi connectivity index (χ2n) is 4.83. The van der Waals surface area contributed by atoms with Gasteiger partial charge >= 0.3 is 0 Å². The molecule has 2 atom stereocenters. The van der Waals surface area contributed by atoms with Crippen molar-refractivity contribution in [2.24, 2.45) is 11.8 Å². The average molecular weight is 318 g/mol. The van der Waals surface area contributed by atoms with Crippen molar-refractivity contribution >= 4 is 33.3 Å². The fraction of sp³-hybridized carbons (Fsp3) is 0.615. The Labute approximate surface area is 116 Å². The van der Waals surface area contributed by atoms with Gasteiger partial charge in [0.15, 0.2) is 0 Å². The molecular weight excluding hydrogens is 300 g/mol. The highest BCUT2D eigenvalue weighted by Crippen LogP contribution is 2.33. The van der Waals surface area contributed by atoms with Gasteiger partial charge in [-0.15, -0.1) is 11.6 Å². The summed E-state index contributed by atoms with van der Waals surface area (Å²) in [5, 5.41) is 3.43. The first-order valence-corrected chi connectivity index (χ1v) is 7.45. The summed E-state index contributed by atoms with van der Waals surface area (Å²) in [4.78, 5) is 4.40. The third-order valence-corrected chi connectivity index (χ3v) is 4.53. The predicted molar refractivity (Wildman–Crippen MR) is 76.7 cm³/mol. The number of alkyl halides is 1. The molecular formula is C13H18BrClN2. The maximum atomic E-state index is 5.98. The minimum absolute atomic E-state index is 0.674. The molecule has 0 saturated heterocycles. The number of aryl methyl sites for hydroxylation is 1. The summed E-state index contributed by atoms with van der Waals surface area (Å²) in [6, 6.07) is 2.09. The van der Waals surface area contributed by atoms with E-state index in [1.54, 1.807) is 0 Å². The normalized spacial score (nSPS) is 23.9. The zero-order chi connectivity index (χ0) is 12.3. The van der Waals surface area contributed by atoms with E-state index in [2.05, 4.69) is 32.3 Å². The zero-order valence-electron chi connectivity index (χ0n) is 10.0. The predicted octanol–water partition coefficient (Wildman–Crippen LogP) is 4.22. The van der Waals surface area contributed by atoms with E-state index in [-0.39, 0.29) is 0 Å². The highest BCUT2D eigenvalue weighted by Gasteiger charge is 2.26. The van der Waals surface area contributed by atoms with Crippen LogP contribution in [0.3, 0.4) is 0 Å². The topological polar surface area (TPSA) is 24.9 Å². The molecule has 1 fully saturated rings. The Morgan fingerprint density at radius 2 is 2.24 bits per heavy atom. The third-order valence-electron chi connectivity index (χ3n) is 3.52. The molecule has 1 aromatic heterocycles. The minimum Gasteiger partial charge on any atom is -0.369 e. The molecule has 0 aliphatic heterocycles. The van der Waals surface area contributed by atoms with Crippen molar-refractivity contribution in [2.45, 2.75) is 26.2 Å². The van der Waals surface area contributed by atoms with Crippen molar-refractivity contribution in [3.63, 3.8) is 0 Å². The molecule has 2 nitrogen and oxygen atoms in total. The van der Waals surface area contributed by atoms with Gasteiger partial charge in [-0.05, 0) is 59.2 Å². The summed E-state index contributed by atoms with van der Waals surface area (Å²) in [6.45, 7) is 3.02. The molecule has 2 unspecified atom stereocenters. The van der Waals surface area contributed by atoms with Gasteiger partial charge in [0.2, 0.25) is 0 Å². The van der Waals surface area contributed by atoms with E-state index in [4.69, 9.17) is 11.6 Å². The van der Waals surface area contributed by atoms with Crippen LogP contribution in [0.2, 0.25) is 0 Å². The number of hydrogen-bond donors (Lipinski definition) is 1. The fourth-order valence-corrected chi connectivity index (χ4v) is 3.49. The van der Waals surface area contributed by atoms with Crippen molar-refractivity contribution in [2.75, 3.05) is 17.7 Å². The van der Waals surface area contributed by atoms with Crippen molar-refractivity contribution < 1.29 is 0 Å². The number of nitrogens with one attached hydrogen (secondary N) is 1. The highest BCUT2D eigenvalue weighted by atomic mass is 79.9. The molecule has 1 saturated carbocycles. The molecule has 2 rings (SSSR count). The first kappa shape index (κ1) is 13.2. The molecule has 1 aliphatic rings. The van der Waals surface area contributed by atoms with Crippen LogP contribution in [-0.2, 0) is 0 Å². The molecule has 0 bridgehead atoms. The van der Waals surface area contributed by atoms with Crippen LogP contribution in [0.4, 0.5) is 5.82 Å². The maximum absolute atomic E-state index is 5.98.